The number of aromatic nitrogens is 1. The number of hydrogen-bond acceptors (Lipinski definition) is 5. The van der Waals surface area contributed by atoms with Crippen molar-refractivity contribution in [3.63, 3.8) is 0 Å². The average molecular weight is 282 g/mol. The van der Waals surface area contributed by atoms with Gasteiger partial charge in [-0.05, 0) is 6.07 Å². The fourth-order valence-corrected chi connectivity index (χ4v) is 2.06. The van der Waals surface area contributed by atoms with Gasteiger partial charge in [-0.15, -0.1) is 0 Å². The van der Waals surface area contributed by atoms with Gasteiger partial charge in [0.1, 0.15) is 5.15 Å². The first kappa shape index (κ1) is 13.4. The minimum atomic E-state index is 0.136. The fourth-order valence-electron chi connectivity index (χ4n) is 1.87. The zero-order valence-corrected chi connectivity index (χ0v) is 11.4. The maximum absolute atomic E-state index is 10.9. The molecule has 0 bridgehead atoms. The van der Waals surface area contributed by atoms with E-state index in [1.54, 1.807) is 12.1 Å². The molecule has 19 heavy (non-hydrogen) atoms. The van der Waals surface area contributed by atoms with Gasteiger partial charge in [0, 0.05) is 11.5 Å². The molecule has 0 N–H and O–H groups in total. The Morgan fingerprint density at radius 2 is 1.79 bits per heavy atom. The summed E-state index contributed by atoms with van der Waals surface area (Å²) in [5, 5.41) is 0.767. The van der Waals surface area contributed by atoms with Crippen molar-refractivity contribution >= 4 is 28.8 Å². The lowest BCUT2D eigenvalue weighted by atomic mass is 10.1. The number of carbonyl (C=O) groups is 1. The molecule has 0 aliphatic heterocycles. The predicted molar refractivity (Wildman–Crippen MR) is 71.8 cm³/mol. The van der Waals surface area contributed by atoms with E-state index in [9.17, 15) is 4.79 Å². The molecule has 1 heterocycles. The summed E-state index contributed by atoms with van der Waals surface area (Å²) < 4.78 is 15.8. The first-order valence-corrected chi connectivity index (χ1v) is 5.78. The molecule has 0 spiro atoms. The minimum absolute atomic E-state index is 0.136. The first-order chi connectivity index (χ1) is 9.15. The first-order valence-electron chi connectivity index (χ1n) is 5.40. The van der Waals surface area contributed by atoms with Gasteiger partial charge in [0.05, 0.1) is 32.4 Å². The third-order valence-corrected chi connectivity index (χ3v) is 3.03. The molecule has 0 saturated carbocycles. The van der Waals surface area contributed by atoms with Crippen molar-refractivity contribution < 1.29 is 19.0 Å². The summed E-state index contributed by atoms with van der Waals surface area (Å²) in [6.45, 7) is 0. The van der Waals surface area contributed by atoms with Crippen LogP contribution in [-0.2, 0) is 0 Å². The van der Waals surface area contributed by atoms with Crippen LogP contribution in [0.15, 0.2) is 12.1 Å². The van der Waals surface area contributed by atoms with Gasteiger partial charge in [-0.3, -0.25) is 4.79 Å². The molecule has 0 radical (unpaired) electrons. The van der Waals surface area contributed by atoms with Crippen LogP contribution < -0.4 is 14.2 Å². The number of rotatable bonds is 4. The van der Waals surface area contributed by atoms with Crippen LogP contribution >= 0.6 is 11.6 Å². The Morgan fingerprint density at radius 1 is 1.11 bits per heavy atom. The van der Waals surface area contributed by atoms with E-state index in [4.69, 9.17) is 25.8 Å². The van der Waals surface area contributed by atoms with E-state index in [1.807, 2.05) is 0 Å². The molecule has 0 aliphatic carbocycles. The molecule has 6 heteroatoms. The smallest absolute Gasteiger partial charge is 0.204 e. The summed E-state index contributed by atoms with van der Waals surface area (Å²) in [7, 11) is 4.53. The van der Waals surface area contributed by atoms with Crippen LogP contribution in [0, 0.1) is 0 Å². The van der Waals surface area contributed by atoms with E-state index < -0.39 is 0 Å². The molecule has 5 nitrogen and oxygen atoms in total. The number of carbonyl (C=O) groups excluding carboxylic acids is 1. The maximum Gasteiger partial charge on any atom is 0.204 e. The van der Waals surface area contributed by atoms with Crippen LogP contribution in [0.4, 0.5) is 0 Å². The SMILES string of the molecule is COc1cc2nc(Cl)c(C=O)cc2c(OC)c1OC. The molecular weight excluding hydrogens is 270 g/mol. The van der Waals surface area contributed by atoms with E-state index >= 15 is 0 Å². The molecule has 0 saturated heterocycles. The minimum Gasteiger partial charge on any atom is -0.493 e. The van der Waals surface area contributed by atoms with E-state index in [-0.39, 0.29) is 5.15 Å². The van der Waals surface area contributed by atoms with Gasteiger partial charge in [-0.1, -0.05) is 11.6 Å². The quantitative estimate of drug-likeness (QED) is 0.637. The highest BCUT2D eigenvalue weighted by Gasteiger charge is 2.18. The van der Waals surface area contributed by atoms with Crippen molar-refractivity contribution in [2.45, 2.75) is 0 Å². The molecule has 1 aromatic heterocycles. The normalized spacial score (nSPS) is 10.3. The molecule has 2 rings (SSSR count). The molecule has 0 fully saturated rings. The lowest BCUT2D eigenvalue weighted by molar-refractivity contribution is 0.112. The van der Waals surface area contributed by atoms with Gasteiger partial charge in [-0.2, -0.15) is 0 Å². The second-order valence-corrected chi connectivity index (χ2v) is 4.06. The molecule has 0 atom stereocenters. The third kappa shape index (κ3) is 2.17. The fraction of sp³-hybridized carbons (Fsp3) is 0.231. The van der Waals surface area contributed by atoms with Gasteiger partial charge < -0.3 is 14.2 Å². The summed E-state index contributed by atoms with van der Waals surface area (Å²) in [5.41, 5.74) is 0.852. The molecule has 2 aromatic rings. The lowest BCUT2D eigenvalue weighted by Gasteiger charge is -2.14. The Morgan fingerprint density at radius 3 is 2.32 bits per heavy atom. The zero-order valence-electron chi connectivity index (χ0n) is 10.7. The van der Waals surface area contributed by atoms with Gasteiger partial charge in [0.2, 0.25) is 5.75 Å². The summed E-state index contributed by atoms with van der Waals surface area (Å²) in [5.74, 6) is 1.37. The Balaban J connectivity index is 2.89. The van der Waals surface area contributed by atoms with Crippen molar-refractivity contribution in [2.75, 3.05) is 21.3 Å². The van der Waals surface area contributed by atoms with E-state index in [2.05, 4.69) is 4.98 Å². The third-order valence-electron chi connectivity index (χ3n) is 2.73. The Kier molecular flexibility index (Phi) is 3.76. The largest absolute Gasteiger partial charge is 0.493 e. The van der Waals surface area contributed by atoms with Gasteiger partial charge in [0.25, 0.3) is 0 Å². The number of fused-ring (bicyclic) bond motifs is 1. The Bertz CT molecular complexity index is 642. The summed E-state index contributed by atoms with van der Waals surface area (Å²) in [6.07, 6.45) is 0.644. The molecule has 1 aromatic carbocycles. The number of methoxy groups -OCH3 is 3. The summed E-state index contributed by atoms with van der Waals surface area (Å²) >= 11 is 5.91. The van der Waals surface area contributed by atoms with Crippen molar-refractivity contribution in [2.24, 2.45) is 0 Å². The van der Waals surface area contributed by atoms with Crippen LogP contribution in [0.2, 0.25) is 5.15 Å². The van der Waals surface area contributed by atoms with E-state index in [0.717, 1.165) is 0 Å². The summed E-state index contributed by atoms with van der Waals surface area (Å²) in [6, 6.07) is 3.29. The van der Waals surface area contributed by atoms with Crippen LogP contribution in [0.5, 0.6) is 17.2 Å². The molecular formula is C13H12ClNO4. The average Bonchev–Trinajstić information content (AvgIpc) is 2.44. The number of nitrogens with zero attached hydrogens (tertiary/aromatic N) is 1. The molecule has 0 amide bonds. The molecule has 0 unspecified atom stereocenters. The highest BCUT2D eigenvalue weighted by atomic mass is 35.5. The standard InChI is InChI=1S/C13H12ClNO4/c1-17-10-5-9-8(11(18-2)12(10)19-3)4-7(6-16)13(14)15-9/h4-6H,1-3H3. The van der Waals surface area contributed by atoms with Gasteiger partial charge in [0.15, 0.2) is 17.8 Å². The number of aldehydes is 1. The Hall–Kier alpha value is -2.01. The number of ether oxygens (including phenoxy) is 3. The van der Waals surface area contributed by atoms with Crippen LogP contribution in [0.1, 0.15) is 10.4 Å². The lowest BCUT2D eigenvalue weighted by Crippen LogP contribution is -1.98. The van der Waals surface area contributed by atoms with Crippen molar-refractivity contribution in [1.82, 2.24) is 4.98 Å². The number of pyridine rings is 1. The number of halogens is 1. The second kappa shape index (κ2) is 5.32. The molecule has 0 aliphatic rings. The van der Waals surface area contributed by atoms with Gasteiger partial charge in [-0.25, -0.2) is 4.98 Å². The Labute approximate surface area is 115 Å². The second-order valence-electron chi connectivity index (χ2n) is 3.70. The zero-order chi connectivity index (χ0) is 14.0. The number of benzene rings is 1. The van der Waals surface area contributed by atoms with Crippen LogP contribution in [-0.4, -0.2) is 32.6 Å². The van der Waals surface area contributed by atoms with Crippen molar-refractivity contribution in [1.29, 1.82) is 0 Å². The van der Waals surface area contributed by atoms with Gasteiger partial charge >= 0.3 is 0 Å². The van der Waals surface area contributed by atoms with Crippen LogP contribution in [0.3, 0.4) is 0 Å². The van der Waals surface area contributed by atoms with Crippen molar-refractivity contribution in [3.05, 3.63) is 22.8 Å². The monoisotopic (exact) mass is 281 g/mol. The van der Waals surface area contributed by atoms with Crippen molar-refractivity contribution in [3.8, 4) is 17.2 Å². The highest BCUT2D eigenvalue weighted by Crippen LogP contribution is 2.43. The molecule has 100 valence electrons. The van der Waals surface area contributed by atoms with E-state index in [0.29, 0.717) is 40.0 Å². The van der Waals surface area contributed by atoms with Crippen LogP contribution in [0.25, 0.3) is 10.9 Å². The topological polar surface area (TPSA) is 57.7 Å². The highest BCUT2D eigenvalue weighted by molar-refractivity contribution is 6.32. The number of hydrogen-bond donors (Lipinski definition) is 0. The van der Waals surface area contributed by atoms with E-state index in [1.165, 1.54) is 21.3 Å². The summed E-state index contributed by atoms with van der Waals surface area (Å²) in [4.78, 5) is 15.1. The predicted octanol–water partition coefficient (Wildman–Crippen LogP) is 2.73. The maximum atomic E-state index is 10.9.